The molecule has 0 saturated carbocycles. The standard InChI is InChI=1S/C12H16N2O3/c1-14(2)7-10-9(6-13-15-3)4-5-11-12(10)17-8-16-11/h4-6H,7-8H2,1-3H3. The summed E-state index contributed by atoms with van der Waals surface area (Å²) in [5.74, 6) is 1.59. The summed E-state index contributed by atoms with van der Waals surface area (Å²) < 4.78 is 10.9. The maximum absolute atomic E-state index is 5.50. The largest absolute Gasteiger partial charge is 0.454 e. The molecule has 0 saturated heterocycles. The summed E-state index contributed by atoms with van der Waals surface area (Å²) in [5, 5.41) is 3.80. The maximum Gasteiger partial charge on any atom is 0.231 e. The number of ether oxygens (including phenoxy) is 2. The second kappa shape index (κ2) is 5.05. The molecule has 17 heavy (non-hydrogen) atoms. The Morgan fingerprint density at radius 2 is 2.24 bits per heavy atom. The van der Waals surface area contributed by atoms with Crippen molar-refractivity contribution in [2.45, 2.75) is 6.54 Å². The highest BCUT2D eigenvalue weighted by molar-refractivity contribution is 5.83. The molecule has 1 heterocycles. The van der Waals surface area contributed by atoms with Crippen LogP contribution in [0.2, 0.25) is 0 Å². The fourth-order valence-electron chi connectivity index (χ4n) is 1.76. The Balaban J connectivity index is 2.41. The van der Waals surface area contributed by atoms with Crippen LogP contribution in [0.5, 0.6) is 11.5 Å². The smallest absolute Gasteiger partial charge is 0.231 e. The van der Waals surface area contributed by atoms with Gasteiger partial charge in [-0.25, -0.2) is 0 Å². The van der Waals surface area contributed by atoms with E-state index >= 15 is 0 Å². The van der Waals surface area contributed by atoms with Crippen LogP contribution in [0.3, 0.4) is 0 Å². The molecule has 0 spiro atoms. The second-order valence-corrected chi connectivity index (χ2v) is 4.02. The molecule has 0 amide bonds. The normalized spacial score (nSPS) is 13.6. The molecule has 0 aromatic heterocycles. The second-order valence-electron chi connectivity index (χ2n) is 4.02. The van der Waals surface area contributed by atoms with Crippen LogP contribution < -0.4 is 9.47 Å². The van der Waals surface area contributed by atoms with Crippen LogP contribution in [-0.4, -0.2) is 39.1 Å². The van der Waals surface area contributed by atoms with Crippen molar-refractivity contribution in [3.05, 3.63) is 23.3 Å². The maximum atomic E-state index is 5.50. The minimum absolute atomic E-state index is 0.278. The van der Waals surface area contributed by atoms with E-state index in [9.17, 15) is 0 Å². The number of oxime groups is 1. The summed E-state index contributed by atoms with van der Waals surface area (Å²) in [4.78, 5) is 6.78. The van der Waals surface area contributed by atoms with E-state index < -0.39 is 0 Å². The van der Waals surface area contributed by atoms with Gasteiger partial charge in [0.1, 0.15) is 7.11 Å². The molecule has 1 aliphatic rings. The van der Waals surface area contributed by atoms with Crippen LogP contribution in [-0.2, 0) is 11.4 Å². The van der Waals surface area contributed by atoms with E-state index in [1.165, 1.54) is 7.11 Å². The lowest BCUT2D eigenvalue weighted by molar-refractivity contribution is 0.172. The molecule has 1 aromatic rings. The zero-order chi connectivity index (χ0) is 12.3. The van der Waals surface area contributed by atoms with Gasteiger partial charge in [0, 0.05) is 17.7 Å². The Kier molecular flexibility index (Phi) is 3.49. The van der Waals surface area contributed by atoms with Gasteiger partial charge in [0.25, 0.3) is 0 Å². The monoisotopic (exact) mass is 236 g/mol. The molecule has 0 unspecified atom stereocenters. The topological polar surface area (TPSA) is 43.3 Å². The molecular formula is C12H16N2O3. The van der Waals surface area contributed by atoms with Crippen molar-refractivity contribution in [1.82, 2.24) is 4.90 Å². The van der Waals surface area contributed by atoms with Gasteiger partial charge in [-0.3, -0.25) is 0 Å². The van der Waals surface area contributed by atoms with Crippen LogP contribution in [0.25, 0.3) is 0 Å². The van der Waals surface area contributed by atoms with Crippen molar-refractivity contribution in [3.8, 4) is 11.5 Å². The molecule has 0 atom stereocenters. The van der Waals surface area contributed by atoms with Crippen molar-refractivity contribution in [2.24, 2.45) is 5.16 Å². The SMILES string of the molecule is CON=Cc1ccc2c(c1CN(C)C)OCO2. The predicted octanol–water partition coefficient (Wildman–Crippen LogP) is 1.46. The quantitative estimate of drug-likeness (QED) is 0.586. The third kappa shape index (κ3) is 2.50. The van der Waals surface area contributed by atoms with Crippen molar-refractivity contribution >= 4 is 6.21 Å². The van der Waals surface area contributed by atoms with E-state index in [4.69, 9.17) is 14.3 Å². The van der Waals surface area contributed by atoms with Crippen LogP contribution in [0.1, 0.15) is 11.1 Å². The first-order valence-electron chi connectivity index (χ1n) is 5.35. The highest BCUT2D eigenvalue weighted by Gasteiger charge is 2.20. The van der Waals surface area contributed by atoms with E-state index in [-0.39, 0.29) is 6.79 Å². The fraction of sp³-hybridized carbons (Fsp3) is 0.417. The molecule has 5 heteroatoms. The van der Waals surface area contributed by atoms with Crippen molar-refractivity contribution in [1.29, 1.82) is 0 Å². The zero-order valence-electron chi connectivity index (χ0n) is 10.3. The average molecular weight is 236 g/mol. The number of hydrogen-bond donors (Lipinski definition) is 0. The minimum Gasteiger partial charge on any atom is -0.454 e. The third-order valence-corrected chi connectivity index (χ3v) is 2.45. The van der Waals surface area contributed by atoms with E-state index in [0.717, 1.165) is 29.2 Å². The Hall–Kier alpha value is -1.75. The number of hydrogen-bond acceptors (Lipinski definition) is 5. The van der Waals surface area contributed by atoms with Gasteiger partial charge in [-0.1, -0.05) is 5.16 Å². The lowest BCUT2D eigenvalue weighted by Gasteiger charge is -2.14. The molecule has 92 valence electrons. The Morgan fingerprint density at radius 3 is 2.94 bits per heavy atom. The molecule has 1 aromatic carbocycles. The number of benzene rings is 1. The van der Waals surface area contributed by atoms with Gasteiger partial charge in [0.05, 0.1) is 6.21 Å². The van der Waals surface area contributed by atoms with Crippen LogP contribution >= 0.6 is 0 Å². The molecule has 0 radical (unpaired) electrons. The first-order chi connectivity index (χ1) is 8.22. The summed E-state index contributed by atoms with van der Waals surface area (Å²) in [6.45, 7) is 1.04. The Bertz CT molecular complexity index is 430. The third-order valence-electron chi connectivity index (χ3n) is 2.45. The van der Waals surface area contributed by atoms with Gasteiger partial charge >= 0.3 is 0 Å². The summed E-state index contributed by atoms with van der Waals surface area (Å²) in [5.41, 5.74) is 2.04. The van der Waals surface area contributed by atoms with E-state index in [1.54, 1.807) is 6.21 Å². The number of fused-ring (bicyclic) bond motifs is 1. The summed E-state index contributed by atoms with van der Waals surface area (Å²) >= 11 is 0. The highest BCUT2D eigenvalue weighted by atomic mass is 16.7. The van der Waals surface area contributed by atoms with Gasteiger partial charge in [-0.05, 0) is 26.2 Å². The molecule has 2 rings (SSSR count). The molecule has 5 nitrogen and oxygen atoms in total. The number of nitrogens with zero attached hydrogens (tertiary/aromatic N) is 2. The molecule has 0 N–H and O–H groups in total. The predicted molar refractivity (Wildman–Crippen MR) is 64.6 cm³/mol. The average Bonchev–Trinajstić information content (AvgIpc) is 2.75. The van der Waals surface area contributed by atoms with E-state index in [2.05, 4.69) is 10.1 Å². The van der Waals surface area contributed by atoms with Gasteiger partial charge in [-0.15, -0.1) is 0 Å². The van der Waals surface area contributed by atoms with Gasteiger partial charge in [0.15, 0.2) is 11.5 Å². The zero-order valence-corrected chi connectivity index (χ0v) is 10.3. The van der Waals surface area contributed by atoms with Crippen LogP contribution in [0, 0.1) is 0 Å². The van der Waals surface area contributed by atoms with Crippen molar-refractivity contribution in [3.63, 3.8) is 0 Å². The molecule has 0 aliphatic carbocycles. The lowest BCUT2D eigenvalue weighted by atomic mass is 10.1. The van der Waals surface area contributed by atoms with Crippen LogP contribution in [0.15, 0.2) is 17.3 Å². The van der Waals surface area contributed by atoms with E-state index in [1.807, 2.05) is 26.2 Å². The summed E-state index contributed by atoms with van der Waals surface area (Å²) in [6.07, 6.45) is 1.68. The number of rotatable bonds is 4. The first kappa shape index (κ1) is 11.7. The van der Waals surface area contributed by atoms with Crippen molar-refractivity contribution in [2.75, 3.05) is 28.0 Å². The fourth-order valence-corrected chi connectivity index (χ4v) is 1.76. The van der Waals surface area contributed by atoms with Crippen molar-refractivity contribution < 1.29 is 14.3 Å². The first-order valence-corrected chi connectivity index (χ1v) is 5.35. The van der Waals surface area contributed by atoms with Crippen LogP contribution in [0.4, 0.5) is 0 Å². The highest BCUT2D eigenvalue weighted by Crippen LogP contribution is 2.37. The minimum atomic E-state index is 0.278. The summed E-state index contributed by atoms with van der Waals surface area (Å²) in [7, 11) is 5.54. The molecule has 0 bridgehead atoms. The van der Waals surface area contributed by atoms with Gasteiger partial charge in [0.2, 0.25) is 6.79 Å². The molecule has 1 aliphatic heterocycles. The van der Waals surface area contributed by atoms with Gasteiger partial charge in [-0.2, -0.15) is 0 Å². The molecular weight excluding hydrogens is 220 g/mol. The van der Waals surface area contributed by atoms with E-state index in [0.29, 0.717) is 0 Å². The molecule has 0 fully saturated rings. The van der Waals surface area contributed by atoms with Gasteiger partial charge < -0.3 is 19.2 Å². The Labute approximate surface area is 101 Å². The summed E-state index contributed by atoms with van der Waals surface area (Å²) in [6, 6.07) is 3.84. The lowest BCUT2D eigenvalue weighted by Crippen LogP contribution is -2.13. The Morgan fingerprint density at radius 1 is 1.41 bits per heavy atom.